The Morgan fingerprint density at radius 2 is 1.77 bits per heavy atom. The summed E-state index contributed by atoms with van der Waals surface area (Å²) in [7, 11) is 0. The fourth-order valence-electron chi connectivity index (χ4n) is 2.90. The largest absolute Gasteiger partial charge is 0.452 e. The zero-order valence-corrected chi connectivity index (χ0v) is 16.4. The fourth-order valence-corrected chi connectivity index (χ4v) is 2.90. The van der Waals surface area contributed by atoms with Gasteiger partial charge < -0.3 is 5.32 Å². The number of halogens is 5. The summed E-state index contributed by atoms with van der Waals surface area (Å²) in [5.41, 5.74) is -0.617. The van der Waals surface area contributed by atoms with Crippen LogP contribution in [0, 0.1) is 18.6 Å². The number of benzene rings is 2. The molecule has 0 fully saturated rings. The predicted octanol–water partition coefficient (Wildman–Crippen LogP) is 3.52. The van der Waals surface area contributed by atoms with Gasteiger partial charge in [0.1, 0.15) is 18.2 Å². The number of carbonyl (C=O) groups excluding carboxylic acids is 1. The highest BCUT2D eigenvalue weighted by Gasteiger charge is 2.39. The maximum atomic E-state index is 13.7. The van der Waals surface area contributed by atoms with Gasteiger partial charge in [-0.15, -0.1) is 5.10 Å². The molecule has 1 N–H and O–H groups in total. The van der Waals surface area contributed by atoms with E-state index < -0.39 is 47.8 Å². The normalized spacial score (nSPS) is 12.6. The molecule has 0 aliphatic rings. The van der Waals surface area contributed by atoms with Crippen molar-refractivity contribution in [1.82, 2.24) is 19.7 Å². The average molecular weight is 440 g/mol. The molecule has 0 saturated heterocycles. The summed E-state index contributed by atoms with van der Waals surface area (Å²) in [6, 6.07) is 7.47. The molecule has 0 saturated carbocycles. The number of nitrogens with zero attached hydrogens (tertiary/aromatic N) is 3. The molecule has 1 atom stereocenters. The lowest BCUT2D eigenvalue weighted by Gasteiger charge is -2.14. The number of aromatic nitrogens is 3. The summed E-state index contributed by atoms with van der Waals surface area (Å²) in [6.45, 7) is 2.34. The van der Waals surface area contributed by atoms with Gasteiger partial charge in [-0.2, -0.15) is 13.2 Å². The minimum absolute atomic E-state index is 0.255. The molecule has 0 unspecified atom stereocenters. The summed E-state index contributed by atoms with van der Waals surface area (Å²) >= 11 is 0. The van der Waals surface area contributed by atoms with Crippen LogP contribution in [0.1, 0.15) is 29.9 Å². The number of amides is 1. The minimum atomic E-state index is -5.00. The Labute approximate surface area is 172 Å². The lowest BCUT2D eigenvalue weighted by Crippen LogP contribution is -2.34. The molecule has 3 rings (SSSR count). The van der Waals surface area contributed by atoms with E-state index in [0.717, 1.165) is 24.3 Å². The third-order valence-corrected chi connectivity index (χ3v) is 4.54. The Kier molecular flexibility index (Phi) is 5.96. The predicted molar refractivity (Wildman–Crippen MR) is 100 cm³/mol. The van der Waals surface area contributed by atoms with E-state index in [-0.39, 0.29) is 10.3 Å². The van der Waals surface area contributed by atoms with E-state index in [0.29, 0.717) is 15.8 Å². The fraction of sp³-hybridized carbons (Fsp3) is 0.250. The lowest BCUT2D eigenvalue weighted by atomic mass is 10.1. The van der Waals surface area contributed by atoms with Gasteiger partial charge in [-0.1, -0.05) is 12.1 Å². The summed E-state index contributed by atoms with van der Waals surface area (Å²) in [4.78, 5) is 24.8. The first kappa shape index (κ1) is 22.2. The van der Waals surface area contributed by atoms with E-state index in [9.17, 15) is 31.5 Å². The van der Waals surface area contributed by atoms with E-state index in [4.69, 9.17) is 0 Å². The van der Waals surface area contributed by atoms with Crippen molar-refractivity contribution in [3.05, 3.63) is 81.5 Å². The molecule has 1 amide bonds. The van der Waals surface area contributed by atoms with Crippen LogP contribution in [0.3, 0.4) is 0 Å². The zero-order chi connectivity index (χ0) is 22.9. The third kappa shape index (κ3) is 4.81. The molecule has 0 aliphatic heterocycles. The van der Waals surface area contributed by atoms with E-state index in [1.54, 1.807) is 19.9 Å². The molecule has 0 bridgehead atoms. The second kappa shape index (κ2) is 8.32. The van der Waals surface area contributed by atoms with E-state index in [1.165, 1.54) is 12.1 Å². The van der Waals surface area contributed by atoms with Crippen LogP contribution >= 0.6 is 0 Å². The Bertz CT molecular complexity index is 1170. The molecule has 6 nitrogen and oxygen atoms in total. The van der Waals surface area contributed by atoms with Gasteiger partial charge in [0.25, 0.3) is 0 Å². The van der Waals surface area contributed by atoms with Crippen molar-refractivity contribution in [3.8, 4) is 5.69 Å². The molecule has 3 aromatic rings. The Balaban J connectivity index is 1.87. The van der Waals surface area contributed by atoms with Crippen molar-refractivity contribution in [3.63, 3.8) is 0 Å². The maximum absolute atomic E-state index is 13.7. The number of rotatable bonds is 5. The Morgan fingerprint density at radius 3 is 2.35 bits per heavy atom. The number of hydrogen-bond acceptors (Lipinski definition) is 3. The first-order chi connectivity index (χ1) is 14.5. The van der Waals surface area contributed by atoms with Crippen LogP contribution < -0.4 is 11.0 Å². The zero-order valence-electron chi connectivity index (χ0n) is 16.4. The Hall–Kier alpha value is -3.50. The maximum Gasteiger partial charge on any atom is 0.452 e. The number of alkyl halides is 3. The smallest absolute Gasteiger partial charge is 0.348 e. The van der Waals surface area contributed by atoms with Crippen molar-refractivity contribution in [2.45, 2.75) is 32.6 Å². The molecule has 2 aromatic carbocycles. The highest BCUT2D eigenvalue weighted by molar-refractivity contribution is 5.76. The lowest BCUT2D eigenvalue weighted by molar-refractivity contribution is -0.146. The minimum Gasteiger partial charge on any atom is -0.348 e. The summed E-state index contributed by atoms with van der Waals surface area (Å²) in [5.74, 6) is -3.51. The van der Waals surface area contributed by atoms with Gasteiger partial charge in [0.05, 0.1) is 11.7 Å². The SMILES string of the molecule is Cc1ccc([C@H](C)NC(=O)Cn2nc(C(F)(F)F)n(-c3ccc(F)cc3)c2=O)cc1F. The van der Waals surface area contributed by atoms with E-state index in [2.05, 4.69) is 10.4 Å². The quantitative estimate of drug-likeness (QED) is 0.618. The van der Waals surface area contributed by atoms with Gasteiger partial charge in [0, 0.05) is 0 Å². The van der Waals surface area contributed by atoms with Gasteiger partial charge in [-0.3, -0.25) is 4.79 Å². The molecular formula is C20H17F5N4O2. The van der Waals surface area contributed by atoms with Crippen LogP contribution in [0.2, 0.25) is 0 Å². The topological polar surface area (TPSA) is 68.9 Å². The van der Waals surface area contributed by atoms with Crippen LogP contribution in [0.5, 0.6) is 0 Å². The monoisotopic (exact) mass is 440 g/mol. The van der Waals surface area contributed by atoms with E-state index >= 15 is 0 Å². The summed E-state index contributed by atoms with van der Waals surface area (Å²) in [5, 5.41) is 5.74. The summed E-state index contributed by atoms with van der Waals surface area (Å²) < 4.78 is 67.7. The van der Waals surface area contributed by atoms with Crippen LogP contribution in [0.15, 0.2) is 47.3 Å². The number of carbonyl (C=O) groups is 1. The molecule has 164 valence electrons. The first-order valence-corrected chi connectivity index (χ1v) is 9.06. The number of hydrogen-bond donors (Lipinski definition) is 1. The van der Waals surface area contributed by atoms with Gasteiger partial charge >= 0.3 is 11.9 Å². The Morgan fingerprint density at radius 1 is 1.13 bits per heavy atom. The van der Waals surface area contributed by atoms with E-state index in [1.807, 2.05) is 0 Å². The second-order valence-electron chi connectivity index (χ2n) is 6.87. The molecule has 0 aliphatic carbocycles. The van der Waals surface area contributed by atoms with Crippen molar-refractivity contribution in [2.24, 2.45) is 0 Å². The second-order valence-corrected chi connectivity index (χ2v) is 6.87. The molecular weight excluding hydrogens is 423 g/mol. The van der Waals surface area contributed by atoms with Crippen LogP contribution in [-0.2, 0) is 17.5 Å². The van der Waals surface area contributed by atoms with Gasteiger partial charge in [0.2, 0.25) is 11.7 Å². The number of aryl methyl sites for hydroxylation is 1. The highest BCUT2D eigenvalue weighted by atomic mass is 19.4. The van der Waals surface area contributed by atoms with Crippen molar-refractivity contribution in [1.29, 1.82) is 0 Å². The summed E-state index contributed by atoms with van der Waals surface area (Å²) in [6.07, 6.45) is -5.00. The first-order valence-electron chi connectivity index (χ1n) is 9.06. The molecule has 11 heteroatoms. The third-order valence-electron chi connectivity index (χ3n) is 4.54. The molecule has 0 spiro atoms. The number of nitrogens with one attached hydrogen (secondary N) is 1. The van der Waals surface area contributed by atoms with Crippen LogP contribution in [-0.4, -0.2) is 20.3 Å². The van der Waals surface area contributed by atoms with Gasteiger partial charge in [0.15, 0.2) is 0 Å². The van der Waals surface area contributed by atoms with Crippen LogP contribution in [0.25, 0.3) is 5.69 Å². The van der Waals surface area contributed by atoms with Crippen LogP contribution in [0.4, 0.5) is 22.0 Å². The highest BCUT2D eigenvalue weighted by Crippen LogP contribution is 2.28. The van der Waals surface area contributed by atoms with Gasteiger partial charge in [-0.05, 0) is 55.3 Å². The molecule has 1 heterocycles. The molecule has 31 heavy (non-hydrogen) atoms. The standard InChI is InChI=1S/C20H17F5N4O2/c1-11-3-4-13(9-16(11)22)12(2)26-17(30)10-28-19(31)29(18(27-28)20(23,24)25)15-7-5-14(21)6-8-15/h3-9,12H,10H2,1-2H3,(H,26,30)/t12-/m0/s1. The molecule has 0 radical (unpaired) electrons. The van der Waals surface area contributed by atoms with Gasteiger partial charge in [-0.25, -0.2) is 22.8 Å². The molecule has 1 aromatic heterocycles. The average Bonchev–Trinajstić information content (AvgIpc) is 3.01. The van der Waals surface area contributed by atoms with Crippen molar-refractivity contribution in [2.75, 3.05) is 0 Å². The van der Waals surface area contributed by atoms with Crippen molar-refractivity contribution < 1.29 is 26.7 Å². The van der Waals surface area contributed by atoms with Crippen molar-refractivity contribution >= 4 is 5.91 Å².